The van der Waals surface area contributed by atoms with Gasteiger partial charge in [-0.2, -0.15) is 0 Å². The van der Waals surface area contributed by atoms with Crippen molar-refractivity contribution in [1.29, 1.82) is 0 Å². The van der Waals surface area contributed by atoms with Crippen molar-refractivity contribution in [2.75, 3.05) is 6.54 Å². The number of carboxylic acid groups (broad SMARTS) is 1. The first-order valence-corrected chi connectivity index (χ1v) is 6.18. The standard InChI is InChI=1S/C8H8.C6H14N4O2/c1-2-8-6-4-3-5-7-8;7-4(5(11)12)2-1-3-10-6(8)9/h2-7H,1H2;4H,1-3,7H2,(H,11,12)(H4,8,9,10). The maximum Gasteiger partial charge on any atom is 0.320 e. The molecule has 6 heteroatoms. The summed E-state index contributed by atoms with van der Waals surface area (Å²) in [5.41, 5.74) is 16.5. The molecular formula is C14H22N4O2. The molecule has 1 rings (SSSR count). The normalized spacial score (nSPS) is 10.7. The summed E-state index contributed by atoms with van der Waals surface area (Å²) in [4.78, 5) is 13.9. The Morgan fingerprint density at radius 1 is 1.35 bits per heavy atom. The Labute approximate surface area is 119 Å². The van der Waals surface area contributed by atoms with Gasteiger partial charge in [-0.3, -0.25) is 9.79 Å². The molecule has 0 amide bonds. The molecule has 0 fully saturated rings. The minimum absolute atomic E-state index is 0.0129. The van der Waals surface area contributed by atoms with Gasteiger partial charge in [0.15, 0.2) is 5.96 Å². The zero-order valence-electron chi connectivity index (χ0n) is 11.4. The van der Waals surface area contributed by atoms with Crippen molar-refractivity contribution in [2.45, 2.75) is 18.9 Å². The molecule has 1 atom stereocenters. The minimum atomic E-state index is -1.00. The number of carbonyl (C=O) groups is 1. The highest BCUT2D eigenvalue weighted by Gasteiger charge is 2.09. The highest BCUT2D eigenvalue weighted by molar-refractivity contribution is 5.75. The van der Waals surface area contributed by atoms with Crippen molar-refractivity contribution in [2.24, 2.45) is 22.2 Å². The van der Waals surface area contributed by atoms with Gasteiger partial charge < -0.3 is 22.3 Å². The molecule has 20 heavy (non-hydrogen) atoms. The quantitative estimate of drug-likeness (QED) is 0.347. The Kier molecular flexibility index (Phi) is 9.33. The average molecular weight is 278 g/mol. The van der Waals surface area contributed by atoms with E-state index in [0.717, 1.165) is 0 Å². The fraction of sp³-hybridized carbons (Fsp3) is 0.286. The number of aliphatic imine (C=N–C) groups is 1. The lowest BCUT2D eigenvalue weighted by Gasteiger charge is -2.03. The van der Waals surface area contributed by atoms with Crippen LogP contribution in [0.5, 0.6) is 0 Å². The molecule has 110 valence electrons. The molecule has 0 aliphatic rings. The fourth-order valence-corrected chi connectivity index (χ4v) is 1.23. The lowest BCUT2D eigenvalue weighted by atomic mass is 10.2. The van der Waals surface area contributed by atoms with Gasteiger partial charge in [-0.25, -0.2) is 0 Å². The van der Waals surface area contributed by atoms with Gasteiger partial charge in [-0.05, 0) is 18.4 Å². The maximum atomic E-state index is 10.2. The number of benzene rings is 1. The fourth-order valence-electron chi connectivity index (χ4n) is 1.23. The van der Waals surface area contributed by atoms with E-state index in [4.69, 9.17) is 22.3 Å². The van der Waals surface area contributed by atoms with Crippen LogP contribution < -0.4 is 17.2 Å². The van der Waals surface area contributed by atoms with Crippen LogP contribution in [-0.2, 0) is 4.79 Å². The van der Waals surface area contributed by atoms with Crippen LogP contribution >= 0.6 is 0 Å². The van der Waals surface area contributed by atoms with E-state index in [2.05, 4.69) is 11.6 Å². The molecule has 0 heterocycles. The van der Waals surface area contributed by atoms with Crippen molar-refractivity contribution in [1.82, 2.24) is 0 Å². The molecule has 0 radical (unpaired) electrons. The number of carboxylic acids is 1. The maximum absolute atomic E-state index is 10.2. The van der Waals surface area contributed by atoms with Crippen LogP contribution in [0.4, 0.5) is 0 Å². The second kappa shape index (κ2) is 10.6. The highest BCUT2D eigenvalue weighted by atomic mass is 16.4. The largest absolute Gasteiger partial charge is 0.480 e. The smallest absolute Gasteiger partial charge is 0.320 e. The SMILES string of the molecule is C=Cc1ccccc1.NC(N)=NCCCC(N)C(=O)O. The molecule has 1 aromatic carbocycles. The number of nitrogens with two attached hydrogens (primary N) is 3. The summed E-state index contributed by atoms with van der Waals surface area (Å²) >= 11 is 0. The van der Waals surface area contributed by atoms with Gasteiger partial charge in [0.05, 0.1) is 0 Å². The van der Waals surface area contributed by atoms with Crippen LogP contribution in [0.25, 0.3) is 6.08 Å². The molecule has 0 aliphatic carbocycles. The summed E-state index contributed by atoms with van der Waals surface area (Å²) in [6.07, 6.45) is 2.79. The van der Waals surface area contributed by atoms with Crippen molar-refractivity contribution in [3.05, 3.63) is 42.5 Å². The van der Waals surface area contributed by atoms with Gasteiger partial charge in [-0.1, -0.05) is 43.0 Å². The van der Waals surface area contributed by atoms with E-state index in [-0.39, 0.29) is 5.96 Å². The van der Waals surface area contributed by atoms with Gasteiger partial charge in [0.25, 0.3) is 0 Å². The van der Waals surface area contributed by atoms with Crippen molar-refractivity contribution >= 4 is 18.0 Å². The first-order valence-electron chi connectivity index (χ1n) is 6.18. The Morgan fingerprint density at radius 2 is 1.95 bits per heavy atom. The van der Waals surface area contributed by atoms with Gasteiger partial charge >= 0.3 is 5.97 Å². The molecule has 0 saturated carbocycles. The van der Waals surface area contributed by atoms with Gasteiger partial charge in [0.1, 0.15) is 6.04 Å². The Morgan fingerprint density at radius 3 is 2.35 bits per heavy atom. The Bertz CT molecular complexity index is 428. The number of rotatable bonds is 6. The van der Waals surface area contributed by atoms with Gasteiger partial charge in [-0.15, -0.1) is 0 Å². The lowest BCUT2D eigenvalue weighted by molar-refractivity contribution is -0.138. The first kappa shape index (κ1) is 17.7. The summed E-state index contributed by atoms with van der Waals surface area (Å²) in [6.45, 7) is 4.05. The number of aliphatic carboxylic acids is 1. The topological polar surface area (TPSA) is 128 Å². The predicted molar refractivity (Wildman–Crippen MR) is 82.1 cm³/mol. The Hall–Kier alpha value is -2.34. The number of hydrogen-bond donors (Lipinski definition) is 4. The number of guanidine groups is 1. The summed E-state index contributed by atoms with van der Waals surface area (Å²) in [6, 6.07) is 9.21. The van der Waals surface area contributed by atoms with E-state index >= 15 is 0 Å². The molecule has 1 unspecified atom stereocenters. The first-order chi connectivity index (χ1) is 9.47. The molecule has 0 spiro atoms. The van der Waals surface area contributed by atoms with Crippen LogP contribution in [0.1, 0.15) is 18.4 Å². The van der Waals surface area contributed by atoms with Crippen LogP contribution in [-0.4, -0.2) is 29.6 Å². The molecule has 0 aromatic heterocycles. The minimum Gasteiger partial charge on any atom is -0.480 e. The highest BCUT2D eigenvalue weighted by Crippen LogP contribution is 1.97. The molecule has 1 aromatic rings. The number of hydrogen-bond acceptors (Lipinski definition) is 3. The van der Waals surface area contributed by atoms with E-state index < -0.39 is 12.0 Å². The zero-order valence-corrected chi connectivity index (χ0v) is 11.4. The molecular weight excluding hydrogens is 256 g/mol. The van der Waals surface area contributed by atoms with Gasteiger partial charge in [0, 0.05) is 6.54 Å². The van der Waals surface area contributed by atoms with E-state index in [1.54, 1.807) is 0 Å². The van der Waals surface area contributed by atoms with E-state index in [1.807, 2.05) is 36.4 Å². The average Bonchev–Trinajstić information content (AvgIpc) is 2.44. The third-order valence-electron chi connectivity index (χ3n) is 2.32. The third-order valence-corrected chi connectivity index (χ3v) is 2.32. The lowest BCUT2D eigenvalue weighted by Crippen LogP contribution is -2.30. The summed E-state index contributed by atoms with van der Waals surface area (Å²) in [7, 11) is 0. The van der Waals surface area contributed by atoms with Crippen molar-refractivity contribution in [3.8, 4) is 0 Å². The van der Waals surface area contributed by atoms with Crippen LogP contribution in [0.2, 0.25) is 0 Å². The predicted octanol–water partition coefficient (Wildman–Crippen LogP) is 0.782. The molecule has 6 nitrogen and oxygen atoms in total. The number of nitrogens with zero attached hydrogens (tertiary/aromatic N) is 1. The van der Waals surface area contributed by atoms with E-state index in [1.165, 1.54) is 5.56 Å². The third kappa shape index (κ3) is 9.67. The second-order valence-electron chi connectivity index (χ2n) is 4.01. The molecule has 0 saturated heterocycles. The molecule has 7 N–H and O–H groups in total. The molecule has 0 bridgehead atoms. The summed E-state index contributed by atoms with van der Waals surface area (Å²) in [5.74, 6) is -0.987. The monoisotopic (exact) mass is 278 g/mol. The van der Waals surface area contributed by atoms with Crippen molar-refractivity contribution < 1.29 is 9.90 Å². The molecule has 0 aliphatic heterocycles. The summed E-state index contributed by atoms with van der Waals surface area (Å²) in [5, 5.41) is 8.38. The van der Waals surface area contributed by atoms with Crippen LogP contribution in [0, 0.1) is 0 Å². The second-order valence-corrected chi connectivity index (χ2v) is 4.01. The zero-order chi connectivity index (χ0) is 15.4. The van der Waals surface area contributed by atoms with Gasteiger partial charge in [0.2, 0.25) is 0 Å². The van der Waals surface area contributed by atoms with E-state index in [0.29, 0.717) is 19.4 Å². The van der Waals surface area contributed by atoms with Crippen molar-refractivity contribution in [3.63, 3.8) is 0 Å². The van der Waals surface area contributed by atoms with E-state index in [9.17, 15) is 4.79 Å². The Balaban J connectivity index is 0.000000388. The summed E-state index contributed by atoms with van der Waals surface area (Å²) < 4.78 is 0. The van der Waals surface area contributed by atoms with Crippen LogP contribution in [0.15, 0.2) is 41.9 Å². The van der Waals surface area contributed by atoms with Crippen LogP contribution in [0.3, 0.4) is 0 Å².